The Morgan fingerprint density at radius 3 is 1.94 bits per heavy atom. The molecule has 0 bridgehead atoms. The molecule has 0 aliphatic heterocycles. The van der Waals surface area contributed by atoms with E-state index in [2.05, 4.69) is 11.1 Å². The first-order valence-electron chi connectivity index (χ1n) is 6.60. The van der Waals surface area contributed by atoms with E-state index in [1.54, 1.807) is 6.92 Å². The standard InChI is InChI=1S/C12H26O4S/c1-3-4-5-6-7-8-9-10-11-12(2)16-17(13,14)15/h12H,3-11H2,1-2H3,(H,13,14,15)/p-1. The van der Waals surface area contributed by atoms with E-state index in [0.29, 0.717) is 6.42 Å². The van der Waals surface area contributed by atoms with E-state index in [4.69, 9.17) is 0 Å². The molecule has 4 nitrogen and oxygen atoms in total. The van der Waals surface area contributed by atoms with Gasteiger partial charge in [-0.15, -0.1) is 0 Å². The maximum absolute atomic E-state index is 10.3. The zero-order valence-corrected chi connectivity index (χ0v) is 11.8. The summed E-state index contributed by atoms with van der Waals surface area (Å²) in [5.41, 5.74) is 0. The fraction of sp³-hybridized carbons (Fsp3) is 1.00. The highest BCUT2D eigenvalue weighted by Gasteiger charge is 2.05. The lowest BCUT2D eigenvalue weighted by atomic mass is 10.1. The quantitative estimate of drug-likeness (QED) is 0.326. The van der Waals surface area contributed by atoms with Gasteiger partial charge in [0.1, 0.15) is 0 Å². The predicted molar refractivity (Wildman–Crippen MR) is 67.5 cm³/mol. The van der Waals surface area contributed by atoms with Crippen molar-refractivity contribution in [2.45, 2.75) is 77.7 Å². The number of unbranched alkanes of at least 4 members (excludes halogenated alkanes) is 7. The third-order valence-electron chi connectivity index (χ3n) is 2.75. The van der Waals surface area contributed by atoms with Gasteiger partial charge >= 0.3 is 0 Å². The van der Waals surface area contributed by atoms with Crippen LogP contribution in [0.2, 0.25) is 0 Å². The highest BCUT2D eigenvalue weighted by Crippen LogP contribution is 2.12. The summed E-state index contributed by atoms with van der Waals surface area (Å²) in [5, 5.41) is 0. The minimum atomic E-state index is -4.53. The average molecular weight is 265 g/mol. The van der Waals surface area contributed by atoms with Crippen molar-refractivity contribution in [1.82, 2.24) is 0 Å². The Kier molecular flexibility index (Phi) is 9.78. The van der Waals surface area contributed by atoms with Crippen molar-refractivity contribution in [1.29, 1.82) is 0 Å². The van der Waals surface area contributed by atoms with Crippen molar-refractivity contribution in [3.05, 3.63) is 0 Å². The van der Waals surface area contributed by atoms with Gasteiger partial charge in [0.15, 0.2) is 0 Å². The van der Waals surface area contributed by atoms with E-state index in [9.17, 15) is 13.0 Å². The van der Waals surface area contributed by atoms with Crippen molar-refractivity contribution >= 4 is 10.4 Å². The van der Waals surface area contributed by atoms with Crippen molar-refractivity contribution in [3.63, 3.8) is 0 Å². The lowest BCUT2D eigenvalue weighted by Gasteiger charge is -2.14. The molecule has 0 saturated carbocycles. The SMILES string of the molecule is CCCCCCCCCCC(C)OS(=O)(=O)[O-]. The zero-order valence-electron chi connectivity index (χ0n) is 11.0. The van der Waals surface area contributed by atoms with E-state index in [1.807, 2.05) is 0 Å². The molecule has 0 radical (unpaired) electrons. The molecule has 1 atom stereocenters. The summed E-state index contributed by atoms with van der Waals surface area (Å²) in [6.07, 6.45) is 9.75. The summed E-state index contributed by atoms with van der Waals surface area (Å²) < 4.78 is 35.2. The molecule has 0 aromatic rings. The molecule has 0 rings (SSSR count). The lowest BCUT2D eigenvalue weighted by molar-refractivity contribution is 0.181. The van der Waals surface area contributed by atoms with Crippen molar-refractivity contribution in [3.8, 4) is 0 Å². The van der Waals surface area contributed by atoms with E-state index in [-0.39, 0.29) is 0 Å². The van der Waals surface area contributed by atoms with Crippen LogP contribution in [0.1, 0.15) is 71.6 Å². The van der Waals surface area contributed by atoms with Gasteiger partial charge in [-0.05, 0) is 13.3 Å². The third kappa shape index (κ3) is 13.8. The summed E-state index contributed by atoms with van der Waals surface area (Å²) in [6.45, 7) is 3.82. The van der Waals surface area contributed by atoms with Gasteiger partial charge in [-0.25, -0.2) is 8.42 Å². The zero-order chi connectivity index (χ0) is 13.1. The largest absolute Gasteiger partial charge is 0.726 e. The van der Waals surface area contributed by atoms with Gasteiger partial charge in [0, 0.05) is 0 Å². The summed E-state index contributed by atoms with van der Waals surface area (Å²) in [6, 6.07) is 0. The van der Waals surface area contributed by atoms with E-state index < -0.39 is 16.5 Å². The first-order valence-corrected chi connectivity index (χ1v) is 7.93. The second-order valence-electron chi connectivity index (χ2n) is 4.58. The smallest absolute Gasteiger partial charge is 0.217 e. The van der Waals surface area contributed by atoms with Crippen LogP contribution < -0.4 is 0 Å². The second-order valence-corrected chi connectivity index (χ2v) is 5.59. The van der Waals surface area contributed by atoms with Crippen molar-refractivity contribution in [2.24, 2.45) is 0 Å². The summed E-state index contributed by atoms with van der Waals surface area (Å²) >= 11 is 0. The summed E-state index contributed by atoms with van der Waals surface area (Å²) in [7, 11) is -4.53. The molecule has 1 unspecified atom stereocenters. The van der Waals surface area contributed by atoms with Crippen LogP contribution >= 0.6 is 0 Å². The Morgan fingerprint density at radius 2 is 1.47 bits per heavy atom. The summed E-state index contributed by atoms with van der Waals surface area (Å²) in [5.74, 6) is 0. The van der Waals surface area contributed by atoms with Gasteiger partial charge in [0.25, 0.3) is 0 Å². The molecule has 0 aromatic heterocycles. The van der Waals surface area contributed by atoms with Crippen molar-refractivity contribution < 1.29 is 17.2 Å². The first-order chi connectivity index (χ1) is 7.95. The maximum Gasteiger partial charge on any atom is 0.217 e. The van der Waals surface area contributed by atoms with Gasteiger partial charge in [-0.3, -0.25) is 4.18 Å². The second kappa shape index (κ2) is 9.85. The minimum absolute atomic E-state index is 0.488. The molecule has 0 heterocycles. The third-order valence-corrected chi connectivity index (χ3v) is 3.31. The van der Waals surface area contributed by atoms with E-state index >= 15 is 0 Å². The van der Waals surface area contributed by atoms with Crippen LogP contribution in [0.25, 0.3) is 0 Å². The first kappa shape index (κ1) is 16.9. The fourth-order valence-electron chi connectivity index (χ4n) is 1.81. The predicted octanol–water partition coefficient (Wildman–Crippen LogP) is 3.38. The minimum Gasteiger partial charge on any atom is -0.726 e. The van der Waals surface area contributed by atoms with Gasteiger partial charge in [-0.2, -0.15) is 0 Å². The average Bonchev–Trinajstić information content (AvgIpc) is 2.19. The van der Waals surface area contributed by atoms with Crippen LogP contribution in [0, 0.1) is 0 Å². The Hall–Kier alpha value is -0.130. The Labute approximate surface area is 106 Å². The number of rotatable bonds is 11. The van der Waals surface area contributed by atoms with Crippen LogP contribution in [0.15, 0.2) is 0 Å². The van der Waals surface area contributed by atoms with Crippen LogP contribution in [-0.2, 0) is 14.6 Å². The van der Waals surface area contributed by atoms with Crippen LogP contribution in [0.4, 0.5) is 0 Å². The molecule has 0 aromatic carbocycles. The molecule has 0 N–H and O–H groups in total. The van der Waals surface area contributed by atoms with Crippen LogP contribution in [0.3, 0.4) is 0 Å². The fourth-order valence-corrected chi connectivity index (χ4v) is 2.31. The molecule has 17 heavy (non-hydrogen) atoms. The topological polar surface area (TPSA) is 66.4 Å². The summed E-state index contributed by atoms with van der Waals surface area (Å²) in [4.78, 5) is 0. The molecule has 0 aliphatic carbocycles. The maximum atomic E-state index is 10.3. The molecule has 5 heteroatoms. The van der Waals surface area contributed by atoms with E-state index in [0.717, 1.165) is 12.8 Å². The molecule has 0 aliphatic rings. The van der Waals surface area contributed by atoms with Crippen molar-refractivity contribution in [2.75, 3.05) is 0 Å². The number of hydrogen-bond donors (Lipinski definition) is 0. The lowest BCUT2D eigenvalue weighted by Crippen LogP contribution is -2.14. The molecular formula is C12H25O4S-. The number of hydrogen-bond acceptors (Lipinski definition) is 4. The highest BCUT2D eigenvalue weighted by molar-refractivity contribution is 7.80. The Morgan fingerprint density at radius 1 is 1.00 bits per heavy atom. The molecule has 0 amide bonds. The van der Waals surface area contributed by atoms with Gasteiger partial charge in [0.2, 0.25) is 10.4 Å². The Bertz CT molecular complexity index is 262. The normalized spacial score (nSPS) is 13.8. The van der Waals surface area contributed by atoms with E-state index in [1.165, 1.54) is 38.5 Å². The van der Waals surface area contributed by atoms with Gasteiger partial charge in [-0.1, -0.05) is 58.3 Å². The monoisotopic (exact) mass is 265 g/mol. The molecule has 0 fully saturated rings. The molecule has 0 saturated heterocycles. The van der Waals surface area contributed by atoms with Crippen LogP contribution in [0.5, 0.6) is 0 Å². The van der Waals surface area contributed by atoms with Gasteiger partial charge in [0.05, 0.1) is 6.10 Å². The molecule has 104 valence electrons. The Balaban J connectivity index is 3.28. The molecular weight excluding hydrogens is 240 g/mol. The molecule has 0 spiro atoms. The van der Waals surface area contributed by atoms with Crippen LogP contribution in [-0.4, -0.2) is 19.1 Å². The van der Waals surface area contributed by atoms with Gasteiger partial charge < -0.3 is 4.55 Å². The highest BCUT2D eigenvalue weighted by atomic mass is 32.3.